The van der Waals surface area contributed by atoms with E-state index in [1.807, 2.05) is 31.2 Å². The molecule has 7 nitrogen and oxygen atoms in total. The Morgan fingerprint density at radius 1 is 1.06 bits per heavy atom. The zero-order valence-corrected chi connectivity index (χ0v) is 19.6. The van der Waals surface area contributed by atoms with E-state index < -0.39 is 0 Å². The average Bonchev–Trinajstić information content (AvgIpc) is 3.15. The molecule has 1 amide bonds. The van der Waals surface area contributed by atoms with E-state index in [2.05, 4.69) is 57.6 Å². The summed E-state index contributed by atoms with van der Waals surface area (Å²) in [5, 5.41) is 8.65. The van der Waals surface area contributed by atoms with Crippen molar-refractivity contribution in [1.29, 1.82) is 0 Å². The summed E-state index contributed by atoms with van der Waals surface area (Å²) in [4.78, 5) is 19.8. The number of pyridine rings is 1. The Hall–Kier alpha value is -3.55. The minimum atomic E-state index is -0.129. The van der Waals surface area contributed by atoms with E-state index in [4.69, 9.17) is 4.74 Å². The molecule has 1 N–H and O–H groups in total. The Bertz CT molecular complexity index is 1310. The number of rotatable bonds is 6. The van der Waals surface area contributed by atoms with Crippen LogP contribution in [0, 0.1) is 13.8 Å². The Morgan fingerprint density at radius 3 is 2.65 bits per heavy atom. The number of nitrogens with zero attached hydrogens (tertiary/aromatic N) is 4. The van der Waals surface area contributed by atoms with E-state index in [1.165, 1.54) is 11.1 Å². The van der Waals surface area contributed by atoms with E-state index >= 15 is 0 Å². The number of ether oxygens (including phenoxy) is 1. The molecular formula is C27H29N5O2. The third kappa shape index (κ3) is 4.85. The van der Waals surface area contributed by atoms with Gasteiger partial charge in [0.25, 0.3) is 0 Å². The normalized spacial score (nSPS) is 14.4. The summed E-state index contributed by atoms with van der Waals surface area (Å²) in [5.41, 5.74) is 6.94. The second-order valence-electron chi connectivity index (χ2n) is 8.80. The third-order valence-electron chi connectivity index (χ3n) is 6.18. The molecule has 4 aromatic rings. The van der Waals surface area contributed by atoms with Gasteiger partial charge in [-0.05, 0) is 48.7 Å². The molecular weight excluding hydrogens is 426 g/mol. The maximum absolute atomic E-state index is 12.9. The van der Waals surface area contributed by atoms with E-state index in [-0.39, 0.29) is 12.5 Å². The van der Waals surface area contributed by atoms with Crippen LogP contribution in [0.15, 0.2) is 60.8 Å². The van der Waals surface area contributed by atoms with E-state index in [1.54, 1.807) is 10.9 Å². The van der Waals surface area contributed by atoms with Gasteiger partial charge in [0, 0.05) is 36.9 Å². The molecule has 1 aliphatic heterocycles. The largest absolute Gasteiger partial charge is 0.379 e. The predicted octanol–water partition coefficient (Wildman–Crippen LogP) is 4.19. The summed E-state index contributed by atoms with van der Waals surface area (Å²) in [6.45, 7) is 8.39. The summed E-state index contributed by atoms with van der Waals surface area (Å²) in [7, 11) is 0. The first-order chi connectivity index (χ1) is 16.6. The van der Waals surface area contributed by atoms with Crippen LogP contribution in [0.2, 0.25) is 0 Å². The summed E-state index contributed by atoms with van der Waals surface area (Å²) >= 11 is 0. The highest BCUT2D eigenvalue weighted by Crippen LogP contribution is 2.30. The highest BCUT2D eigenvalue weighted by molar-refractivity contribution is 5.96. The van der Waals surface area contributed by atoms with Crippen molar-refractivity contribution in [3.8, 4) is 11.1 Å². The lowest BCUT2D eigenvalue weighted by molar-refractivity contribution is -0.116. The fourth-order valence-electron chi connectivity index (χ4n) is 4.47. The number of nitrogens with one attached hydrogen (secondary N) is 1. The molecule has 7 heteroatoms. The highest BCUT2D eigenvalue weighted by atomic mass is 16.5. The number of carbonyl (C=O) groups excluding carboxylic acids is 1. The number of hydrogen-bond donors (Lipinski definition) is 1. The predicted molar refractivity (Wildman–Crippen MR) is 134 cm³/mol. The molecule has 0 bridgehead atoms. The smallest absolute Gasteiger partial charge is 0.246 e. The number of aromatic nitrogens is 3. The molecule has 2 aromatic heterocycles. The van der Waals surface area contributed by atoms with Gasteiger partial charge in [0.2, 0.25) is 5.91 Å². The van der Waals surface area contributed by atoms with Gasteiger partial charge in [-0.2, -0.15) is 5.10 Å². The molecule has 0 unspecified atom stereocenters. The van der Waals surface area contributed by atoms with Crippen LogP contribution >= 0.6 is 0 Å². The number of fused-ring (bicyclic) bond motifs is 1. The Labute approximate surface area is 199 Å². The quantitative estimate of drug-likeness (QED) is 0.472. The lowest BCUT2D eigenvalue weighted by atomic mass is 10.0. The molecule has 0 spiro atoms. The van der Waals surface area contributed by atoms with E-state index in [0.717, 1.165) is 60.7 Å². The zero-order chi connectivity index (χ0) is 23.5. The second kappa shape index (κ2) is 9.75. The van der Waals surface area contributed by atoms with Gasteiger partial charge in [-0.3, -0.25) is 9.69 Å². The van der Waals surface area contributed by atoms with Crippen LogP contribution in [0.3, 0.4) is 0 Å². The van der Waals surface area contributed by atoms with Gasteiger partial charge in [0.1, 0.15) is 6.54 Å². The van der Waals surface area contributed by atoms with Crippen LogP contribution in [0.25, 0.3) is 22.2 Å². The first-order valence-corrected chi connectivity index (χ1v) is 11.6. The lowest BCUT2D eigenvalue weighted by Crippen LogP contribution is -2.35. The van der Waals surface area contributed by atoms with Crippen LogP contribution in [0.5, 0.6) is 0 Å². The maximum atomic E-state index is 12.9. The van der Waals surface area contributed by atoms with Crippen LogP contribution in [-0.4, -0.2) is 51.9 Å². The summed E-state index contributed by atoms with van der Waals surface area (Å²) in [5.74, 6) is -0.129. The van der Waals surface area contributed by atoms with Gasteiger partial charge >= 0.3 is 0 Å². The first kappa shape index (κ1) is 22.3. The summed E-state index contributed by atoms with van der Waals surface area (Å²) in [6, 6.07) is 18.4. The molecule has 1 fully saturated rings. The molecule has 1 aliphatic rings. The van der Waals surface area contributed by atoms with Crippen molar-refractivity contribution < 1.29 is 9.53 Å². The molecule has 174 valence electrons. The van der Waals surface area contributed by atoms with Crippen LogP contribution in [0.4, 0.5) is 5.69 Å². The van der Waals surface area contributed by atoms with Crippen molar-refractivity contribution in [2.45, 2.75) is 26.9 Å². The molecule has 0 aliphatic carbocycles. The Kier molecular flexibility index (Phi) is 6.38. The maximum Gasteiger partial charge on any atom is 0.246 e. The number of anilines is 1. The van der Waals surface area contributed by atoms with Crippen molar-refractivity contribution in [3.63, 3.8) is 0 Å². The minimum Gasteiger partial charge on any atom is -0.379 e. The SMILES string of the molecule is Cc1ccc(-c2ccnc3c2c(C)nn3CC(=O)Nc2cccc(CN3CCOCC3)c2)cc1. The van der Waals surface area contributed by atoms with Gasteiger partial charge in [0.05, 0.1) is 18.9 Å². The van der Waals surface area contributed by atoms with Crippen molar-refractivity contribution in [1.82, 2.24) is 19.7 Å². The van der Waals surface area contributed by atoms with Crippen LogP contribution in [0.1, 0.15) is 16.8 Å². The monoisotopic (exact) mass is 455 g/mol. The van der Waals surface area contributed by atoms with Gasteiger partial charge < -0.3 is 10.1 Å². The van der Waals surface area contributed by atoms with Crippen molar-refractivity contribution in [2.75, 3.05) is 31.6 Å². The number of benzene rings is 2. The molecule has 0 atom stereocenters. The Morgan fingerprint density at radius 2 is 1.85 bits per heavy atom. The van der Waals surface area contributed by atoms with Gasteiger partial charge in [-0.25, -0.2) is 9.67 Å². The molecule has 2 aromatic carbocycles. The molecule has 1 saturated heterocycles. The Balaban J connectivity index is 1.33. The molecule has 0 radical (unpaired) electrons. The molecule has 0 saturated carbocycles. The molecule has 3 heterocycles. The number of carbonyl (C=O) groups is 1. The van der Waals surface area contributed by atoms with E-state index in [9.17, 15) is 4.79 Å². The van der Waals surface area contributed by atoms with Crippen LogP contribution in [-0.2, 0) is 22.6 Å². The minimum absolute atomic E-state index is 0.0996. The first-order valence-electron chi connectivity index (χ1n) is 11.6. The number of aryl methyl sites for hydroxylation is 2. The van der Waals surface area contributed by atoms with Gasteiger partial charge in [-0.1, -0.05) is 42.0 Å². The standard InChI is InChI=1S/C27H29N5O2/c1-19-6-8-22(9-7-19)24-10-11-28-27-26(24)20(2)30-32(27)18-25(33)29-23-5-3-4-21(16-23)17-31-12-14-34-15-13-31/h3-11,16H,12-15,17-18H2,1-2H3,(H,29,33). The van der Waals surface area contributed by atoms with E-state index in [0.29, 0.717) is 5.65 Å². The zero-order valence-electron chi connectivity index (χ0n) is 19.6. The number of morpholine rings is 1. The summed E-state index contributed by atoms with van der Waals surface area (Å²) < 4.78 is 7.12. The average molecular weight is 456 g/mol. The van der Waals surface area contributed by atoms with Crippen molar-refractivity contribution in [2.24, 2.45) is 0 Å². The molecule has 34 heavy (non-hydrogen) atoms. The van der Waals surface area contributed by atoms with Crippen molar-refractivity contribution in [3.05, 3.63) is 77.6 Å². The van der Waals surface area contributed by atoms with Crippen molar-refractivity contribution >= 4 is 22.6 Å². The van der Waals surface area contributed by atoms with Gasteiger partial charge in [0.15, 0.2) is 5.65 Å². The fourth-order valence-corrected chi connectivity index (χ4v) is 4.47. The van der Waals surface area contributed by atoms with Gasteiger partial charge in [-0.15, -0.1) is 0 Å². The topological polar surface area (TPSA) is 72.3 Å². The number of hydrogen-bond acceptors (Lipinski definition) is 5. The third-order valence-corrected chi connectivity index (χ3v) is 6.18. The summed E-state index contributed by atoms with van der Waals surface area (Å²) in [6.07, 6.45) is 1.78. The molecule has 5 rings (SSSR count). The second-order valence-corrected chi connectivity index (χ2v) is 8.80. The highest BCUT2D eigenvalue weighted by Gasteiger charge is 2.16. The lowest BCUT2D eigenvalue weighted by Gasteiger charge is -2.26. The fraction of sp³-hybridized carbons (Fsp3) is 0.296. The van der Waals surface area contributed by atoms with Crippen LogP contribution < -0.4 is 5.32 Å². The number of amides is 1.